The molecule has 5 nitrogen and oxygen atoms in total. The highest BCUT2D eigenvalue weighted by Crippen LogP contribution is 2.15. The average Bonchev–Trinajstić information content (AvgIpc) is 2.49. The number of piperidine rings is 1. The number of nitrogens with one attached hydrogen (secondary N) is 2. The average molecular weight is 298 g/mol. The molecule has 21 heavy (non-hydrogen) atoms. The van der Waals surface area contributed by atoms with Crippen molar-refractivity contribution in [2.45, 2.75) is 70.8 Å². The van der Waals surface area contributed by atoms with E-state index in [9.17, 15) is 9.59 Å². The number of carbonyl (C=O) groups excluding carboxylic acids is 1. The van der Waals surface area contributed by atoms with Crippen LogP contribution in [0.25, 0.3) is 0 Å². The van der Waals surface area contributed by atoms with Gasteiger partial charge in [-0.05, 0) is 44.6 Å². The summed E-state index contributed by atoms with van der Waals surface area (Å²) in [5.41, 5.74) is 0. The van der Waals surface area contributed by atoms with E-state index in [0.717, 1.165) is 25.8 Å². The van der Waals surface area contributed by atoms with Gasteiger partial charge in [-0.1, -0.05) is 19.8 Å². The number of amides is 1. The van der Waals surface area contributed by atoms with Gasteiger partial charge in [-0.25, -0.2) is 0 Å². The zero-order chi connectivity index (χ0) is 15.5. The maximum Gasteiger partial charge on any atom is 0.303 e. The van der Waals surface area contributed by atoms with Crippen LogP contribution in [0.2, 0.25) is 0 Å². The molecule has 3 N–H and O–H groups in total. The maximum atomic E-state index is 11.8. The third-order valence-corrected chi connectivity index (χ3v) is 4.35. The topological polar surface area (TPSA) is 78.4 Å². The molecule has 0 bridgehead atoms. The van der Waals surface area contributed by atoms with Crippen LogP contribution >= 0.6 is 0 Å². The zero-order valence-electron chi connectivity index (χ0n) is 13.2. The van der Waals surface area contributed by atoms with Crippen LogP contribution in [0, 0.1) is 5.92 Å². The van der Waals surface area contributed by atoms with Crippen molar-refractivity contribution in [3.63, 3.8) is 0 Å². The summed E-state index contributed by atoms with van der Waals surface area (Å²) in [6.45, 7) is 3.81. The zero-order valence-corrected chi connectivity index (χ0v) is 13.2. The van der Waals surface area contributed by atoms with Crippen molar-refractivity contribution >= 4 is 11.9 Å². The van der Waals surface area contributed by atoms with Crippen molar-refractivity contribution in [3.05, 3.63) is 0 Å². The molecule has 1 aliphatic rings. The van der Waals surface area contributed by atoms with Gasteiger partial charge in [0.15, 0.2) is 0 Å². The Morgan fingerprint density at radius 1 is 1.29 bits per heavy atom. The van der Waals surface area contributed by atoms with Crippen molar-refractivity contribution in [1.82, 2.24) is 10.6 Å². The number of carboxylic acids is 1. The van der Waals surface area contributed by atoms with E-state index in [4.69, 9.17) is 5.11 Å². The standard InChI is InChI=1S/C16H30N2O3/c1-2-13(6-9-16(20)21)10-12-18-15(19)8-7-14-5-3-4-11-17-14/h13-14,17H,2-12H2,1H3,(H,18,19)(H,20,21). The van der Waals surface area contributed by atoms with Gasteiger partial charge in [-0.3, -0.25) is 9.59 Å². The molecule has 0 radical (unpaired) electrons. The van der Waals surface area contributed by atoms with Gasteiger partial charge >= 0.3 is 5.97 Å². The predicted octanol–water partition coefficient (Wildman–Crippen LogP) is 2.31. The summed E-state index contributed by atoms with van der Waals surface area (Å²) in [6.07, 6.45) is 7.96. The normalized spacial score (nSPS) is 20.0. The molecule has 2 atom stereocenters. The summed E-state index contributed by atoms with van der Waals surface area (Å²) in [6, 6.07) is 0.503. The highest BCUT2D eigenvalue weighted by Gasteiger charge is 2.14. The Morgan fingerprint density at radius 3 is 2.71 bits per heavy atom. The van der Waals surface area contributed by atoms with Gasteiger partial charge in [0, 0.05) is 25.4 Å². The van der Waals surface area contributed by atoms with E-state index >= 15 is 0 Å². The molecule has 1 fully saturated rings. The molecule has 1 rings (SSSR count). The molecule has 0 aromatic rings. The van der Waals surface area contributed by atoms with Crippen LogP contribution in [-0.4, -0.2) is 36.1 Å². The molecule has 1 heterocycles. The first kappa shape index (κ1) is 18.0. The molecule has 0 saturated carbocycles. The smallest absolute Gasteiger partial charge is 0.303 e. The minimum atomic E-state index is -0.738. The first-order chi connectivity index (χ1) is 10.1. The van der Waals surface area contributed by atoms with E-state index in [1.165, 1.54) is 19.3 Å². The van der Waals surface area contributed by atoms with E-state index in [2.05, 4.69) is 17.6 Å². The fourth-order valence-corrected chi connectivity index (χ4v) is 2.86. The minimum absolute atomic E-state index is 0.121. The van der Waals surface area contributed by atoms with Crippen molar-refractivity contribution in [2.75, 3.05) is 13.1 Å². The minimum Gasteiger partial charge on any atom is -0.481 e. The molecular weight excluding hydrogens is 268 g/mol. The molecule has 122 valence electrons. The van der Waals surface area contributed by atoms with Crippen molar-refractivity contribution in [2.24, 2.45) is 5.92 Å². The van der Waals surface area contributed by atoms with E-state index in [0.29, 0.717) is 31.3 Å². The Bertz CT molecular complexity index is 315. The van der Waals surface area contributed by atoms with Gasteiger partial charge < -0.3 is 15.7 Å². The Kier molecular flexibility index (Phi) is 9.06. The largest absolute Gasteiger partial charge is 0.481 e. The number of hydrogen-bond donors (Lipinski definition) is 3. The van der Waals surface area contributed by atoms with Crippen molar-refractivity contribution < 1.29 is 14.7 Å². The molecular formula is C16H30N2O3. The third kappa shape index (κ3) is 8.71. The van der Waals surface area contributed by atoms with Crippen LogP contribution in [0.15, 0.2) is 0 Å². The Labute approximate surface area is 127 Å². The van der Waals surface area contributed by atoms with Gasteiger partial charge in [-0.2, -0.15) is 0 Å². The van der Waals surface area contributed by atoms with Crippen LogP contribution in [0.1, 0.15) is 64.7 Å². The summed E-state index contributed by atoms with van der Waals surface area (Å²) in [7, 11) is 0. The molecule has 0 aliphatic carbocycles. The number of carboxylic acid groups (broad SMARTS) is 1. The third-order valence-electron chi connectivity index (χ3n) is 4.35. The monoisotopic (exact) mass is 298 g/mol. The quantitative estimate of drug-likeness (QED) is 0.578. The van der Waals surface area contributed by atoms with Gasteiger partial charge in [-0.15, -0.1) is 0 Å². The van der Waals surface area contributed by atoms with Gasteiger partial charge in [0.1, 0.15) is 0 Å². The van der Waals surface area contributed by atoms with Gasteiger partial charge in [0.2, 0.25) is 5.91 Å². The highest BCUT2D eigenvalue weighted by atomic mass is 16.4. The van der Waals surface area contributed by atoms with E-state index in [1.54, 1.807) is 0 Å². The molecule has 5 heteroatoms. The summed E-state index contributed by atoms with van der Waals surface area (Å²) in [4.78, 5) is 22.4. The molecule has 1 saturated heterocycles. The second-order valence-corrected chi connectivity index (χ2v) is 6.03. The molecule has 2 unspecified atom stereocenters. The molecule has 1 amide bonds. The number of aliphatic carboxylic acids is 1. The van der Waals surface area contributed by atoms with E-state index in [-0.39, 0.29) is 12.3 Å². The van der Waals surface area contributed by atoms with Crippen LogP contribution in [0.5, 0.6) is 0 Å². The molecule has 1 aliphatic heterocycles. The number of hydrogen-bond acceptors (Lipinski definition) is 3. The number of carbonyl (C=O) groups is 2. The summed E-state index contributed by atoms with van der Waals surface area (Å²) < 4.78 is 0. The highest BCUT2D eigenvalue weighted by molar-refractivity contribution is 5.75. The van der Waals surface area contributed by atoms with Crippen molar-refractivity contribution in [3.8, 4) is 0 Å². The second kappa shape index (κ2) is 10.6. The van der Waals surface area contributed by atoms with Gasteiger partial charge in [0.05, 0.1) is 0 Å². The lowest BCUT2D eigenvalue weighted by Crippen LogP contribution is -2.35. The summed E-state index contributed by atoms with van der Waals surface area (Å²) in [5, 5.41) is 15.1. The van der Waals surface area contributed by atoms with Crippen LogP contribution in [-0.2, 0) is 9.59 Å². The van der Waals surface area contributed by atoms with Gasteiger partial charge in [0.25, 0.3) is 0 Å². The fourth-order valence-electron chi connectivity index (χ4n) is 2.86. The Hall–Kier alpha value is -1.10. The lowest BCUT2D eigenvalue weighted by Gasteiger charge is -2.23. The first-order valence-corrected chi connectivity index (χ1v) is 8.33. The van der Waals surface area contributed by atoms with Crippen LogP contribution in [0.4, 0.5) is 0 Å². The predicted molar refractivity (Wildman–Crippen MR) is 83.2 cm³/mol. The lowest BCUT2D eigenvalue weighted by molar-refractivity contribution is -0.137. The van der Waals surface area contributed by atoms with Crippen LogP contribution < -0.4 is 10.6 Å². The molecule has 0 aromatic carbocycles. The van der Waals surface area contributed by atoms with Crippen molar-refractivity contribution in [1.29, 1.82) is 0 Å². The number of rotatable bonds is 10. The Morgan fingerprint density at radius 2 is 2.10 bits per heavy atom. The Balaban J connectivity index is 2.06. The SMILES string of the molecule is CCC(CCNC(=O)CCC1CCCCN1)CCC(=O)O. The van der Waals surface area contributed by atoms with Crippen LogP contribution in [0.3, 0.4) is 0 Å². The molecule has 0 spiro atoms. The van der Waals surface area contributed by atoms with E-state index in [1.807, 2.05) is 0 Å². The maximum absolute atomic E-state index is 11.8. The summed E-state index contributed by atoms with van der Waals surface area (Å²) in [5.74, 6) is -0.227. The lowest BCUT2D eigenvalue weighted by atomic mass is 9.96. The summed E-state index contributed by atoms with van der Waals surface area (Å²) >= 11 is 0. The van der Waals surface area contributed by atoms with E-state index < -0.39 is 5.97 Å². The second-order valence-electron chi connectivity index (χ2n) is 6.03. The first-order valence-electron chi connectivity index (χ1n) is 8.33. The fraction of sp³-hybridized carbons (Fsp3) is 0.875. The molecule has 0 aromatic heterocycles.